The maximum Gasteiger partial charge on any atom is 0.171 e. The Kier molecular flexibility index (Phi) is 2.81. The third-order valence-electron chi connectivity index (χ3n) is 1.93. The molecule has 0 aliphatic carbocycles. The Morgan fingerprint density at radius 1 is 1.36 bits per heavy atom. The molecule has 74 valence electrons. The van der Waals surface area contributed by atoms with Crippen molar-refractivity contribution in [1.29, 1.82) is 0 Å². The van der Waals surface area contributed by atoms with E-state index < -0.39 is 6.29 Å². The average Bonchev–Trinajstić information content (AvgIpc) is 2.72. The fraction of sp³-hybridized carbons (Fsp3) is 0.444. The van der Waals surface area contributed by atoms with Crippen LogP contribution < -0.4 is 0 Å². The fourth-order valence-electron chi connectivity index (χ4n) is 1.24. The summed E-state index contributed by atoms with van der Waals surface area (Å²) >= 11 is 0. The van der Waals surface area contributed by atoms with Crippen molar-refractivity contribution < 1.29 is 14.3 Å². The Morgan fingerprint density at radius 2 is 2.00 bits per heavy atom. The number of Topliss-reactive ketones (excluding diaryl/α,β-unsaturated/α-hetero) is 1. The van der Waals surface area contributed by atoms with E-state index in [2.05, 4.69) is 9.97 Å². The van der Waals surface area contributed by atoms with Crippen molar-refractivity contribution in [2.75, 3.05) is 13.2 Å². The smallest absolute Gasteiger partial charge is 0.171 e. The molecular formula is C9H10N2O3. The van der Waals surface area contributed by atoms with Crippen LogP contribution in [0, 0.1) is 0 Å². The van der Waals surface area contributed by atoms with E-state index in [9.17, 15) is 4.79 Å². The van der Waals surface area contributed by atoms with Gasteiger partial charge in [-0.05, 0) is 0 Å². The first-order chi connectivity index (χ1) is 6.86. The Hall–Kier alpha value is -1.33. The number of ether oxygens (including phenoxy) is 2. The van der Waals surface area contributed by atoms with Gasteiger partial charge in [0.1, 0.15) is 6.33 Å². The van der Waals surface area contributed by atoms with Crippen LogP contribution in [0.1, 0.15) is 16.8 Å². The molecule has 0 N–H and O–H groups in total. The second kappa shape index (κ2) is 4.26. The lowest BCUT2D eigenvalue weighted by Gasteiger charge is -2.06. The summed E-state index contributed by atoms with van der Waals surface area (Å²) in [6.45, 7) is 1.12. The van der Waals surface area contributed by atoms with Gasteiger partial charge in [0.2, 0.25) is 0 Å². The molecule has 0 radical (unpaired) electrons. The van der Waals surface area contributed by atoms with Crippen LogP contribution in [0.25, 0.3) is 0 Å². The van der Waals surface area contributed by atoms with Gasteiger partial charge < -0.3 is 9.47 Å². The number of hydrogen-bond donors (Lipinski definition) is 0. The van der Waals surface area contributed by atoms with E-state index >= 15 is 0 Å². The number of carbonyl (C=O) groups excluding carboxylic acids is 1. The Morgan fingerprint density at radius 3 is 2.64 bits per heavy atom. The maximum atomic E-state index is 11.6. The lowest BCUT2D eigenvalue weighted by molar-refractivity contribution is -0.0407. The van der Waals surface area contributed by atoms with Crippen molar-refractivity contribution in [3.63, 3.8) is 0 Å². The minimum atomic E-state index is -0.400. The van der Waals surface area contributed by atoms with Gasteiger partial charge in [0.25, 0.3) is 0 Å². The largest absolute Gasteiger partial charge is 0.350 e. The van der Waals surface area contributed by atoms with Crippen LogP contribution in [-0.4, -0.2) is 35.3 Å². The molecule has 0 bridgehead atoms. The Bertz CT molecular complexity index is 309. The molecule has 1 saturated heterocycles. The van der Waals surface area contributed by atoms with Crippen molar-refractivity contribution in [2.45, 2.75) is 12.7 Å². The standard InChI is InChI=1S/C9H10N2O3/c12-8(3-9-13-1-2-14-9)7-4-10-6-11-5-7/h4-6,9H,1-3H2. The molecule has 5 nitrogen and oxygen atoms in total. The Labute approximate surface area is 81.1 Å². The van der Waals surface area contributed by atoms with Crippen LogP contribution in [0.15, 0.2) is 18.7 Å². The monoisotopic (exact) mass is 194 g/mol. The molecule has 0 saturated carbocycles. The quantitative estimate of drug-likeness (QED) is 0.652. The molecule has 5 heteroatoms. The van der Waals surface area contributed by atoms with Gasteiger partial charge in [0, 0.05) is 12.4 Å². The van der Waals surface area contributed by atoms with E-state index in [0.29, 0.717) is 18.8 Å². The van der Waals surface area contributed by atoms with E-state index in [4.69, 9.17) is 9.47 Å². The molecule has 0 unspecified atom stereocenters. The molecule has 1 fully saturated rings. The molecule has 14 heavy (non-hydrogen) atoms. The molecule has 0 amide bonds. The lowest BCUT2D eigenvalue weighted by Crippen LogP contribution is -2.14. The molecule has 1 aliphatic rings. The van der Waals surface area contributed by atoms with Gasteiger partial charge in [-0.3, -0.25) is 4.79 Å². The number of rotatable bonds is 3. The highest BCUT2D eigenvalue weighted by molar-refractivity contribution is 5.95. The fourth-order valence-corrected chi connectivity index (χ4v) is 1.24. The van der Waals surface area contributed by atoms with Crippen LogP contribution in [0.3, 0.4) is 0 Å². The number of hydrogen-bond acceptors (Lipinski definition) is 5. The molecule has 2 heterocycles. The first-order valence-corrected chi connectivity index (χ1v) is 4.37. The number of carbonyl (C=O) groups is 1. The molecule has 0 aromatic carbocycles. The first-order valence-electron chi connectivity index (χ1n) is 4.37. The molecule has 1 aliphatic heterocycles. The molecule has 0 spiro atoms. The van der Waals surface area contributed by atoms with Crippen molar-refractivity contribution in [2.24, 2.45) is 0 Å². The summed E-state index contributed by atoms with van der Waals surface area (Å²) in [5, 5.41) is 0. The normalized spacial score (nSPS) is 17.1. The van der Waals surface area contributed by atoms with Crippen molar-refractivity contribution in [3.8, 4) is 0 Å². The summed E-state index contributed by atoms with van der Waals surface area (Å²) < 4.78 is 10.3. The molecule has 1 aromatic rings. The predicted octanol–water partition coefficient (Wildman–Crippen LogP) is 0.422. The summed E-state index contributed by atoms with van der Waals surface area (Å²) in [4.78, 5) is 19.1. The summed E-state index contributed by atoms with van der Waals surface area (Å²) in [6, 6.07) is 0. The topological polar surface area (TPSA) is 61.3 Å². The van der Waals surface area contributed by atoms with Crippen molar-refractivity contribution in [1.82, 2.24) is 9.97 Å². The zero-order valence-electron chi connectivity index (χ0n) is 7.55. The zero-order valence-corrected chi connectivity index (χ0v) is 7.55. The average molecular weight is 194 g/mol. The van der Waals surface area contributed by atoms with Crippen molar-refractivity contribution in [3.05, 3.63) is 24.3 Å². The van der Waals surface area contributed by atoms with E-state index in [1.807, 2.05) is 0 Å². The van der Waals surface area contributed by atoms with E-state index in [0.717, 1.165) is 0 Å². The predicted molar refractivity (Wildman–Crippen MR) is 46.7 cm³/mol. The second-order valence-electron chi connectivity index (χ2n) is 2.93. The van der Waals surface area contributed by atoms with Crippen LogP contribution >= 0.6 is 0 Å². The van der Waals surface area contributed by atoms with Gasteiger partial charge in [0.05, 0.1) is 25.2 Å². The molecule has 0 atom stereocenters. The lowest BCUT2D eigenvalue weighted by atomic mass is 10.1. The van der Waals surface area contributed by atoms with E-state index in [1.54, 1.807) is 0 Å². The van der Waals surface area contributed by atoms with E-state index in [1.165, 1.54) is 18.7 Å². The van der Waals surface area contributed by atoms with Gasteiger partial charge in [-0.2, -0.15) is 0 Å². The molecule has 1 aromatic heterocycles. The van der Waals surface area contributed by atoms with Crippen molar-refractivity contribution >= 4 is 5.78 Å². The maximum absolute atomic E-state index is 11.6. The third kappa shape index (κ3) is 2.12. The molecular weight excluding hydrogens is 184 g/mol. The highest BCUT2D eigenvalue weighted by Crippen LogP contribution is 2.11. The summed E-state index contributed by atoms with van der Waals surface area (Å²) in [5.74, 6) is -0.0579. The minimum Gasteiger partial charge on any atom is -0.350 e. The highest BCUT2D eigenvalue weighted by Gasteiger charge is 2.20. The first kappa shape index (κ1) is 9.23. The van der Waals surface area contributed by atoms with E-state index in [-0.39, 0.29) is 12.2 Å². The Balaban J connectivity index is 1.95. The summed E-state index contributed by atoms with van der Waals surface area (Å²) in [7, 11) is 0. The third-order valence-corrected chi connectivity index (χ3v) is 1.93. The zero-order chi connectivity index (χ0) is 9.80. The van der Waals surface area contributed by atoms with Gasteiger partial charge in [0.15, 0.2) is 12.1 Å². The van der Waals surface area contributed by atoms with Crippen LogP contribution in [0.4, 0.5) is 0 Å². The SMILES string of the molecule is O=C(CC1OCCO1)c1cncnc1. The number of aromatic nitrogens is 2. The van der Waals surface area contributed by atoms with Gasteiger partial charge in [-0.25, -0.2) is 9.97 Å². The van der Waals surface area contributed by atoms with Crippen LogP contribution in [0.5, 0.6) is 0 Å². The van der Waals surface area contributed by atoms with Crippen LogP contribution in [-0.2, 0) is 9.47 Å². The minimum absolute atomic E-state index is 0.0579. The van der Waals surface area contributed by atoms with Gasteiger partial charge in [-0.1, -0.05) is 0 Å². The summed E-state index contributed by atoms with van der Waals surface area (Å²) in [5.41, 5.74) is 0.492. The second-order valence-corrected chi connectivity index (χ2v) is 2.93. The number of ketones is 1. The number of nitrogens with zero attached hydrogens (tertiary/aromatic N) is 2. The van der Waals surface area contributed by atoms with Crippen LogP contribution in [0.2, 0.25) is 0 Å². The molecule has 2 rings (SSSR count). The highest BCUT2D eigenvalue weighted by atomic mass is 16.7. The van der Waals surface area contributed by atoms with Gasteiger partial charge in [-0.15, -0.1) is 0 Å². The summed E-state index contributed by atoms with van der Waals surface area (Å²) in [6.07, 6.45) is 4.20. The van der Waals surface area contributed by atoms with Gasteiger partial charge >= 0.3 is 0 Å².